The Morgan fingerprint density at radius 3 is 1.34 bits per heavy atom. The van der Waals surface area contributed by atoms with Crippen LogP contribution in [-0.2, 0) is 0 Å². The zero-order valence-corrected chi connectivity index (χ0v) is 35.1. The van der Waals surface area contributed by atoms with Gasteiger partial charge in [-0.15, -0.1) is 0 Å². The van der Waals surface area contributed by atoms with Crippen molar-refractivity contribution in [3.05, 3.63) is 168 Å². The lowest BCUT2D eigenvalue weighted by atomic mass is 9.95. The van der Waals surface area contributed by atoms with Crippen LogP contribution in [0.3, 0.4) is 0 Å². The summed E-state index contributed by atoms with van der Waals surface area (Å²) in [5, 5.41) is 0. The molecular formula is C52H50N6O4. The number of aromatic amines is 2. The molecule has 312 valence electrons. The van der Waals surface area contributed by atoms with Gasteiger partial charge in [0, 0.05) is 49.1 Å². The number of benzene rings is 6. The highest BCUT2D eigenvalue weighted by Crippen LogP contribution is 2.31. The van der Waals surface area contributed by atoms with Crippen molar-refractivity contribution < 1.29 is 19.1 Å². The number of carbonyl (C=O) groups is 2. The van der Waals surface area contributed by atoms with Crippen LogP contribution in [-0.4, -0.2) is 81.9 Å². The van der Waals surface area contributed by atoms with Gasteiger partial charge in [0.2, 0.25) is 0 Å². The molecule has 2 N–H and O–H groups in total. The lowest BCUT2D eigenvalue weighted by Crippen LogP contribution is -2.38. The molecule has 2 aromatic heterocycles. The summed E-state index contributed by atoms with van der Waals surface area (Å²) in [5.41, 5.74) is 9.96. The van der Waals surface area contributed by atoms with Crippen LogP contribution >= 0.6 is 0 Å². The maximum atomic E-state index is 13.0. The first kappa shape index (κ1) is 40.2. The number of methoxy groups -OCH3 is 2. The molecule has 2 aliphatic heterocycles. The number of para-hydroxylation sites is 4. The van der Waals surface area contributed by atoms with Crippen molar-refractivity contribution in [2.75, 3.05) is 40.4 Å². The van der Waals surface area contributed by atoms with E-state index in [9.17, 15) is 9.59 Å². The third-order valence-electron chi connectivity index (χ3n) is 12.2. The third-order valence-corrected chi connectivity index (χ3v) is 12.2. The monoisotopic (exact) mass is 822 g/mol. The van der Waals surface area contributed by atoms with Crippen LogP contribution in [0.5, 0.6) is 11.5 Å². The highest BCUT2D eigenvalue weighted by Gasteiger charge is 2.28. The molecule has 2 saturated heterocycles. The van der Waals surface area contributed by atoms with Crippen LogP contribution in [0.4, 0.5) is 0 Å². The number of aromatic nitrogens is 4. The Bertz CT molecular complexity index is 2710. The SMILES string of the molecule is COc1ccc(-c2ccc(C(=O)N3CCC(c4nc5ccccc5[nH]4)CC3)cc2)cc1.COc1cccc(-c2ccc(C(=O)N3CCC(c4nc5ccccc5[nH]4)CC3)cc2)c1. The summed E-state index contributed by atoms with van der Waals surface area (Å²) in [4.78, 5) is 46.3. The summed E-state index contributed by atoms with van der Waals surface area (Å²) in [6.45, 7) is 3.00. The molecule has 2 amide bonds. The molecule has 8 aromatic rings. The zero-order valence-electron chi connectivity index (χ0n) is 35.1. The molecule has 4 heterocycles. The van der Waals surface area contributed by atoms with Gasteiger partial charge in [-0.3, -0.25) is 9.59 Å². The van der Waals surface area contributed by atoms with E-state index in [1.54, 1.807) is 14.2 Å². The van der Waals surface area contributed by atoms with E-state index in [1.807, 2.05) is 143 Å². The Morgan fingerprint density at radius 2 is 0.903 bits per heavy atom. The minimum Gasteiger partial charge on any atom is -0.497 e. The van der Waals surface area contributed by atoms with E-state index in [4.69, 9.17) is 19.4 Å². The Balaban J connectivity index is 0.000000158. The van der Waals surface area contributed by atoms with Crippen molar-refractivity contribution in [2.24, 2.45) is 0 Å². The van der Waals surface area contributed by atoms with Crippen LogP contribution < -0.4 is 9.47 Å². The highest BCUT2D eigenvalue weighted by atomic mass is 16.5. The summed E-state index contributed by atoms with van der Waals surface area (Å²) in [7, 11) is 3.33. The summed E-state index contributed by atoms with van der Waals surface area (Å²) in [5.74, 6) is 4.67. The topological polar surface area (TPSA) is 116 Å². The molecule has 0 atom stereocenters. The average Bonchev–Trinajstić information content (AvgIpc) is 4.00. The largest absolute Gasteiger partial charge is 0.497 e. The normalized spacial score (nSPS) is 14.7. The van der Waals surface area contributed by atoms with Gasteiger partial charge in [-0.05, 0) is 121 Å². The quantitative estimate of drug-likeness (QED) is 0.158. The molecule has 62 heavy (non-hydrogen) atoms. The fourth-order valence-electron chi connectivity index (χ4n) is 8.61. The molecule has 2 fully saturated rings. The van der Waals surface area contributed by atoms with E-state index >= 15 is 0 Å². The average molecular weight is 823 g/mol. The van der Waals surface area contributed by atoms with Crippen molar-refractivity contribution in [3.8, 4) is 33.8 Å². The summed E-state index contributed by atoms with van der Waals surface area (Å²) in [6, 6.07) is 47.8. The molecule has 6 aromatic carbocycles. The van der Waals surface area contributed by atoms with Crippen LogP contribution in [0.25, 0.3) is 44.3 Å². The van der Waals surface area contributed by atoms with Gasteiger partial charge in [0.15, 0.2) is 0 Å². The fourth-order valence-corrected chi connectivity index (χ4v) is 8.61. The maximum absolute atomic E-state index is 13.0. The third kappa shape index (κ3) is 8.81. The molecular weight excluding hydrogens is 773 g/mol. The molecule has 10 rings (SSSR count). The van der Waals surface area contributed by atoms with Gasteiger partial charge in [0.05, 0.1) is 36.3 Å². The van der Waals surface area contributed by atoms with Crippen molar-refractivity contribution >= 4 is 33.9 Å². The number of fused-ring (bicyclic) bond motifs is 2. The molecule has 2 aliphatic rings. The predicted molar refractivity (Wildman–Crippen MR) is 245 cm³/mol. The Labute approximate surface area is 361 Å². The van der Waals surface area contributed by atoms with Gasteiger partial charge in [-0.25, -0.2) is 9.97 Å². The number of H-pyrrole nitrogens is 2. The second-order valence-electron chi connectivity index (χ2n) is 16.0. The lowest BCUT2D eigenvalue weighted by molar-refractivity contribution is 0.0704. The van der Waals surface area contributed by atoms with Crippen LogP contribution in [0.15, 0.2) is 146 Å². The van der Waals surface area contributed by atoms with Gasteiger partial charge in [-0.1, -0.05) is 72.8 Å². The number of carbonyl (C=O) groups excluding carboxylic acids is 2. The van der Waals surface area contributed by atoms with Gasteiger partial charge < -0.3 is 29.2 Å². The first-order valence-corrected chi connectivity index (χ1v) is 21.4. The van der Waals surface area contributed by atoms with E-state index in [0.29, 0.717) is 11.8 Å². The minimum atomic E-state index is 0.0975. The zero-order chi connectivity index (χ0) is 42.4. The number of hydrogen-bond donors (Lipinski definition) is 2. The number of amides is 2. The molecule has 0 spiro atoms. The molecule has 0 unspecified atom stereocenters. The highest BCUT2D eigenvalue weighted by molar-refractivity contribution is 5.95. The Morgan fingerprint density at radius 1 is 0.484 bits per heavy atom. The minimum absolute atomic E-state index is 0.0975. The van der Waals surface area contributed by atoms with E-state index in [1.165, 1.54) is 0 Å². The molecule has 0 radical (unpaired) electrons. The van der Waals surface area contributed by atoms with Crippen LogP contribution in [0.1, 0.15) is 69.9 Å². The van der Waals surface area contributed by atoms with E-state index in [0.717, 1.165) is 130 Å². The number of piperidine rings is 2. The number of nitrogens with zero attached hydrogens (tertiary/aromatic N) is 4. The second kappa shape index (κ2) is 18.2. The van der Waals surface area contributed by atoms with Gasteiger partial charge in [0.25, 0.3) is 11.8 Å². The van der Waals surface area contributed by atoms with Gasteiger partial charge >= 0.3 is 0 Å². The Kier molecular flexibility index (Phi) is 11.8. The number of nitrogens with one attached hydrogen (secondary N) is 2. The van der Waals surface area contributed by atoms with Crippen molar-refractivity contribution in [2.45, 2.75) is 37.5 Å². The number of ether oxygens (including phenoxy) is 2. The molecule has 0 bridgehead atoms. The van der Waals surface area contributed by atoms with Crippen molar-refractivity contribution in [1.82, 2.24) is 29.7 Å². The number of likely N-dealkylation sites (tertiary alicyclic amines) is 2. The van der Waals surface area contributed by atoms with Gasteiger partial charge in [0.1, 0.15) is 23.1 Å². The van der Waals surface area contributed by atoms with Crippen LogP contribution in [0.2, 0.25) is 0 Å². The fraction of sp³-hybridized carbons (Fsp3) is 0.231. The second-order valence-corrected chi connectivity index (χ2v) is 16.0. The molecule has 0 aliphatic carbocycles. The van der Waals surface area contributed by atoms with E-state index < -0.39 is 0 Å². The first-order valence-electron chi connectivity index (χ1n) is 21.4. The number of hydrogen-bond acceptors (Lipinski definition) is 6. The number of imidazole rings is 2. The van der Waals surface area contributed by atoms with Crippen LogP contribution in [0, 0.1) is 0 Å². The first-order chi connectivity index (χ1) is 30.4. The standard InChI is InChI=1S/2C26H25N3O2/c1-31-22-6-4-5-21(17-22)18-9-11-20(12-10-18)26(30)29-15-13-19(14-16-29)25-27-23-7-2-3-8-24(23)28-25;1-31-22-12-10-19(11-13-22)18-6-8-21(9-7-18)26(30)29-16-14-20(15-17-29)25-27-23-4-2-3-5-24(23)28-25/h2-12,17,19H,13-16H2,1H3,(H,27,28);2-13,20H,14-17H2,1H3,(H,27,28). The summed E-state index contributed by atoms with van der Waals surface area (Å²) in [6.07, 6.45) is 3.70. The maximum Gasteiger partial charge on any atom is 0.253 e. The molecule has 10 heteroatoms. The predicted octanol–water partition coefficient (Wildman–Crippen LogP) is 10.5. The number of rotatable bonds is 8. The smallest absolute Gasteiger partial charge is 0.253 e. The summed E-state index contributed by atoms with van der Waals surface area (Å²) < 4.78 is 10.5. The lowest BCUT2D eigenvalue weighted by Gasteiger charge is -2.31. The summed E-state index contributed by atoms with van der Waals surface area (Å²) >= 11 is 0. The van der Waals surface area contributed by atoms with Crippen molar-refractivity contribution in [3.63, 3.8) is 0 Å². The van der Waals surface area contributed by atoms with Crippen molar-refractivity contribution in [1.29, 1.82) is 0 Å². The molecule has 10 nitrogen and oxygen atoms in total. The molecule has 0 saturated carbocycles. The van der Waals surface area contributed by atoms with Gasteiger partial charge in [-0.2, -0.15) is 0 Å². The Hall–Kier alpha value is -7.20. The van der Waals surface area contributed by atoms with E-state index in [2.05, 4.69) is 22.1 Å². The van der Waals surface area contributed by atoms with E-state index in [-0.39, 0.29) is 11.8 Å².